The zero-order valence-electron chi connectivity index (χ0n) is 12.5. The third kappa shape index (κ3) is 3.64. The lowest BCUT2D eigenvalue weighted by Crippen LogP contribution is -2.50. The molecule has 3 unspecified atom stereocenters. The van der Waals surface area contributed by atoms with Gasteiger partial charge >= 0.3 is 12.0 Å². The number of piperidine rings is 1. The van der Waals surface area contributed by atoms with Crippen molar-refractivity contribution >= 4 is 12.0 Å². The molecule has 2 rings (SSSR count). The van der Waals surface area contributed by atoms with E-state index in [0.717, 1.165) is 31.6 Å². The van der Waals surface area contributed by atoms with Crippen molar-refractivity contribution in [1.82, 2.24) is 10.2 Å². The van der Waals surface area contributed by atoms with Crippen LogP contribution >= 0.6 is 0 Å². The quantitative estimate of drug-likeness (QED) is 0.816. The van der Waals surface area contributed by atoms with Gasteiger partial charge in [0, 0.05) is 19.1 Å². The van der Waals surface area contributed by atoms with Crippen LogP contribution < -0.4 is 5.32 Å². The largest absolute Gasteiger partial charge is 0.481 e. The molecule has 4 atom stereocenters. The van der Waals surface area contributed by atoms with E-state index < -0.39 is 11.9 Å². The average Bonchev–Trinajstić information content (AvgIpc) is 2.43. The Balaban J connectivity index is 1.84. The van der Waals surface area contributed by atoms with Crippen molar-refractivity contribution in [2.75, 3.05) is 13.1 Å². The van der Waals surface area contributed by atoms with Gasteiger partial charge in [-0.1, -0.05) is 13.8 Å². The lowest BCUT2D eigenvalue weighted by atomic mass is 9.79. The van der Waals surface area contributed by atoms with E-state index in [1.807, 2.05) is 0 Å². The lowest BCUT2D eigenvalue weighted by Gasteiger charge is -2.36. The fourth-order valence-corrected chi connectivity index (χ4v) is 3.31. The molecule has 0 spiro atoms. The Bertz CT molecular complexity index is 372. The van der Waals surface area contributed by atoms with Gasteiger partial charge < -0.3 is 15.3 Å². The second-order valence-electron chi connectivity index (χ2n) is 6.54. The summed E-state index contributed by atoms with van der Waals surface area (Å²) in [5.74, 6) is 0.180. The topological polar surface area (TPSA) is 69.6 Å². The molecule has 2 aliphatic rings. The van der Waals surface area contributed by atoms with E-state index in [1.165, 1.54) is 0 Å². The van der Waals surface area contributed by atoms with Crippen molar-refractivity contribution < 1.29 is 14.7 Å². The number of carbonyl (C=O) groups excluding carboxylic acids is 1. The number of likely N-dealkylation sites (tertiary alicyclic amines) is 1. The number of urea groups is 1. The van der Waals surface area contributed by atoms with Crippen LogP contribution in [0.3, 0.4) is 0 Å². The number of hydrogen-bond donors (Lipinski definition) is 2. The molecule has 1 saturated carbocycles. The number of carboxylic acid groups (broad SMARTS) is 1. The van der Waals surface area contributed by atoms with Gasteiger partial charge in [0.05, 0.1) is 5.92 Å². The zero-order chi connectivity index (χ0) is 14.7. The smallest absolute Gasteiger partial charge is 0.317 e. The summed E-state index contributed by atoms with van der Waals surface area (Å²) in [6.07, 6.45) is 4.68. The lowest BCUT2D eigenvalue weighted by molar-refractivity contribution is -0.143. The average molecular weight is 282 g/mol. The van der Waals surface area contributed by atoms with Crippen LogP contribution in [0.5, 0.6) is 0 Å². The summed E-state index contributed by atoms with van der Waals surface area (Å²) in [4.78, 5) is 24.9. The molecule has 0 aromatic heterocycles. The van der Waals surface area contributed by atoms with E-state index >= 15 is 0 Å². The minimum absolute atomic E-state index is 0.0808. The number of aliphatic carboxylic acids is 1. The molecule has 2 fully saturated rings. The minimum atomic E-state index is -0.789. The second-order valence-corrected chi connectivity index (χ2v) is 6.54. The number of rotatable bonds is 2. The predicted molar refractivity (Wildman–Crippen MR) is 76.4 cm³/mol. The first-order valence-corrected chi connectivity index (χ1v) is 7.75. The summed E-state index contributed by atoms with van der Waals surface area (Å²) in [6, 6.07) is 0.168. The van der Waals surface area contributed by atoms with E-state index in [0.29, 0.717) is 25.4 Å². The maximum absolute atomic E-state index is 12.2. The van der Waals surface area contributed by atoms with Gasteiger partial charge in [0.1, 0.15) is 0 Å². The summed E-state index contributed by atoms with van der Waals surface area (Å²) < 4.78 is 0. The maximum Gasteiger partial charge on any atom is 0.317 e. The van der Waals surface area contributed by atoms with Crippen LogP contribution in [0.25, 0.3) is 0 Å². The van der Waals surface area contributed by atoms with E-state index in [1.54, 1.807) is 4.90 Å². The molecule has 2 N–H and O–H groups in total. The first-order valence-electron chi connectivity index (χ1n) is 7.75. The van der Waals surface area contributed by atoms with Crippen LogP contribution in [0.2, 0.25) is 0 Å². The first-order chi connectivity index (χ1) is 9.47. The Morgan fingerprint density at radius 1 is 1.15 bits per heavy atom. The molecule has 0 aromatic carbocycles. The number of nitrogens with one attached hydrogen (secondary N) is 1. The van der Waals surface area contributed by atoms with Gasteiger partial charge in [-0.05, 0) is 43.9 Å². The van der Waals surface area contributed by atoms with Crippen molar-refractivity contribution in [3.8, 4) is 0 Å². The van der Waals surface area contributed by atoms with Gasteiger partial charge in [-0.25, -0.2) is 4.79 Å². The summed E-state index contributed by atoms with van der Waals surface area (Å²) in [5.41, 5.74) is 0. The van der Waals surface area contributed by atoms with Crippen molar-refractivity contribution in [3.63, 3.8) is 0 Å². The van der Waals surface area contributed by atoms with Crippen molar-refractivity contribution in [3.05, 3.63) is 0 Å². The minimum Gasteiger partial charge on any atom is -0.481 e. The zero-order valence-corrected chi connectivity index (χ0v) is 12.5. The number of carbonyl (C=O) groups is 2. The molecule has 2 amide bonds. The van der Waals surface area contributed by atoms with Crippen LogP contribution in [-0.2, 0) is 4.79 Å². The fraction of sp³-hybridized carbons (Fsp3) is 0.867. The Kier molecular flexibility index (Phi) is 4.89. The molecule has 1 aliphatic heterocycles. The monoisotopic (exact) mass is 282 g/mol. The molecule has 0 aromatic rings. The fourth-order valence-electron chi connectivity index (χ4n) is 3.31. The van der Waals surface area contributed by atoms with Crippen molar-refractivity contribution in [2.24, 2.45) is 17.8 Å². The number of carboxylic acids is 1. The Morgan fingerprint density at radius 3 is 2.55 bits per heavy atom. The van der Waals surface area contributed by atoms with Crippen LogP contribution in [0.1, 0.15) is 46.0 Å². The highest BCUT2D eigenvalue weighted by Crippen LogP contribution is 2.29. The summed E-state index contributed by atoms with van der Waals surface area (Å²) >= 11 is 0. The number of amides is 2. The van der Waals surface area contributed by atoms with Gasteiger partial charge in [0.2, 0.25) is 0 Å². The van der Waals surface area contributed by atoms with Crippen molar-refractivity contribution in [1.29, 1.82) is 0 Å². The normalized spacial score (nSPS) is 34.6. The van der Waals surface area contributed by atoms with Crippen LogP contribution in [-0.4, -0.2) is 41.1 Å². The summed E-state index contributed by atoms with van der Waals surface area (Å²) in [6.45, 7) is 5.53. The van der Waals surface area contributed by atoms with E-state index in [-0.39, 0.29) is 12.1 Å². The highest BCUT2D eigenvalue weighted by molar-refractivity contribution is 5.76. The molecule has 1 aliphatic carbocycles. The third-order valence-corrected chi connectivity index (χ3v) is 4.98. The molecule has 1 saturated heterocycles. The van der Waals surface area contributed by atoms with Crippen LogP contribution in [0.15, 0.2) is 0 Å². The molecule has 5 nitrogen and oxygen atoms in total. The van der Waals surface area contributed by atoms with Crippen LogP contribution in [0, 0.1) is 17.8 Å². The second kappa shape index (κ2) is 6.46. The van der Waals surface area contributed by atoms with E-state index in [9.17, 15) is 9.59 Å². The summed E-state index contributed by atoms with van der Waals surface area (Å²) in [5, 5.41) is 12.2. The molecule has 0 bridgehead atoms. The molecule has 5 heteroatoms. The molecular weight excluding hydrogens is 256 g/mol. The standard InChI is InChI=1S/C15H26N2O3/c1-10-5-6-13(8-11(10)2)16-15(20)17-7-3-4-12(9-17)14(18)19/h10-13H,3-9H2,1-2H3,(H,16,20)(H,18,19)/t10?,11?,12-,13?/m1/s1. The summed E-state index contributed by atoms with van der Waals surface area (Å²) in [7, 11) is 0. The molecule has 20 heavy (non-hydrogen) atoms. The molecule has 1 heterocycles. The predicted octanol–water partition coefficient (Wildman–Crippen LogP) is 2.32. The van der Waals surface area contributed by atoms with Gasteiger partial charge in [-0.15, -0.1) is 0 Å². The van der Waals surface area contributed by atoms with Gasteiger partial charge in [-0.2, -0.15) is 0 Å². The SMILES string of the molecule is CC1CCC(NC(=O)N2CCC[C@@H](C(=O)O)C2)CC1C. The van der Waals surface area contributed by atoms with E-state index in [2.05, 4.69) is 19.2 Å². The number of hydrogen-bond acceptors (Lipinski definition) is 2. The Labute approximate surface area is 120 Å². The van der Waals surface area contributed by atoms with E-state index in [4.69, 9.17) is 5.11 Å². The number of nitrogens with zero attached hydrogens (tertiary/aromatic N) is 1. The Morgan fingerprint density at radius 2 is 1.90 bits per heavy atom. The first kappa shape index (κ1) is 15.1. The van der Waals surface area contributed by atoms with Crippen molar-refractivity contribution in [2.45, 2.75) is 52.0 Å². The molecule has 0 radical (unpaired) electrons. The third-order valence-electron chi connectivity index (χ3n) is 4.98. The maximum atomic E-state index is 12.2. The molecule has 114 valence electrons. The molecular formula is C15H26N2O3. The highest BCUT2D eigenvalue weighted by atomic mass is 16.4. The Hall–Kier alpha value is -1.26. The van der Waals surface area contributed by atoms with Gasteiger partial charge in [0.25, 0.3) is 0 Å². The highest BCUT2D eigenvalue weighted by Gasteiger charge is 2.30. The van der Waals surface area contributed by atoms with Gasteiger partial charge in [-0.3, -0.25) is 4.79 Å². The van der Waals surface area contributed by atoms with Crippen LogP contribution in [0.4, 0.5) is 4.79 Å². The van der Waals surface area contributed by atoms with Gasteiger partial charge in [0.15, 0.2) is 0 Å².